The fourth-order valence-corrected chi connectivity index (χ4v) is 6.95. The van der Waals surface area contributed by atoms with Gasteiger partial charge in [-0.15, -0.1) is 11.8 Å². The maximum absolute atomic E-state index is 13.1. The summed E-state index contributed by atoms with van der Waals surface area (Å²) in [6.45, 7) is 7.91. The second-order valence-electron chi connectivity index (χ2n) is 9.21. The van der Waals surface area contributed by atoms with E-state index in [1.54, 1.807) is 6.92 Å². The molecule has 10 nitrogen and oxygen atoms in total. The van der Waals surface area contributed by atoms with Gasteiger partial charge in [0.05, 0.1) is 30.4 Å². The Morgan fingerprint density at radius 3 is 2.62 bits per heavy atom. The number of fused-ring (bicyclic) bond motifs is 1. The summed E-state index contributed by atoms with van der Waals surface area (Å²) in [5.74, 6) is -2.16. The number of nitrogens with one attached hydrogen (secondary N) is 2. The molecule has 0 aromatic carbocycles. The van der Waals surface area contributed by atoms with Gasteiger partial charge < -0.3 is 30.2 Å². The molecule has 3 saturated heterocycles. The number of β-lactam (4-membered cyclic amide) rings is 1. The molecule has 0 radical (unpaired) electrons. The second kappa shape index (κ2) is 8.68. The zero-order valence-electron chi connectivity index (χ0n) is 18.5. The summed E-state index contributed by atoms with van der Waals surface area (Å²) >= 11 is 1.45. The van der Waals surface area contributed by atoms with Crippen molar-refractivity contribution >= 4 is 35.9 Å². The molecule has 2 amide bonds. The molecule has 176 valence electrons. The van der Waals surface area contributed by atoms with Crippen LogP contribution in [0.25, 0.3) is 0 Å². The molecule has 0 aromatic heterocycles. The molecular weight excluding hydrogens is 434 g/mol. The van der Waals surface area contributed by atoms with E-state index in [9.17, 15) is 24.6 Å². The largest absolute Gasteiger partial charge is 0.477 e. The number of thioether (sulfide) groups is 1. The van der Waals surface area contributed by atoms with Crippen LogP contribution < -0.4 is 5.32 Å². The molecule has 32 heavy (non-hydrogen) atoms. The van der Waals surface area contributed by atoms with Crippen molar-refractivity contribution in [2.24, 2.45) is 11.8 Å². The maximum atomic E-state index is 13.1. The predicted octanol–water partition coefficient (Wildman–Crippen LogP) is -0.256. The minimum atomic E-state index is -1.13. The van der Waals surface area contributed by atoms with Crippen LogP contribution in [0.5, 0.6) is 0 Å². The van der Waals surface area contributed by atoms with Crippen LogP contribution in [0.2, 0.25) is 0 Å². The number of amides is 2. The number of hydrogen-bond acceptors (Lipinski definition) is 7. The Morgan fingerprint density at radius 1 is 1.31 bits per heavy atom. The second-order valence-corrected chi connectivity index (χ2v) is 10.6. The first-order chi connectivity index (χ1) is 15.1. The highest BCUT2D eigenvalue weighted by Gasteiger charge is 2.60. The highest BCUT2D eigenvalue weighted by Crippen LogP contribution is 2.51. The molecule has 0 saturated carbocycles. The van der Waals surface area contributed by atoms with Gasteiger partial charge in [-0.1, -0.05) is 6.92 Å². The van der Waals surface area contributed by atoms with Gasteiger partial charge >= 0.3 is 5.97 Å². The summed E-state index contributed by atoms with van der Waals surface area (Å²) in [4.78, 5) is 43.3. The first kappa shape index (κ1) is 23.1. The van der Waals surface area contributed by atoms with Gasteiger partial charge in [-0.25, -0.2) is 4.79 Å². The smallest absolute Gasteiger partial charge is 0.353 e. The van der Waals surface area contributed by atoms with Gasteiger partial charge in [0, 0.05) is 48.3 Å². The lowest BCUT2D eigenvalue weighted by atomic mass is 9.79. The van der Waals surface area contributed by atoms with E-state index < -0.39 is 18.0 Å². The Morgan fingerprint density at radius 2 is 2.03 bits per heavy atom. The van der Waals surface area contributed by atoms with Crippen molar-refractivity contribution < 1.29 is 24.6 Å². The van der Waals surface area contributed by atoms with E-state index in [4.69, 9.17) is 5.41 Å². The van der Waals surface area contributed by atoms with Crippen LogP contribution in [-0.2, 0) is 14.4 Å². The fourth-order valence-electron chi connectivity index (χ4n) is 5.47. The Kier molecular flexibility index (Phi) is 6.25. The summed E-state index contributed by atoms with van der Waals surface area (Å²) in [6.07, 6.45) is 1.07. The number of piperazine rings is 1. The number of carbonyl (C=O) groups is 3. The van der Waals surface area contributed by atoms with Gasteiger partial charge in [-0.2, -0.15) is 0 Å². The number of nitrogens with zero attached hydrogens (tertiary/aromatic N) is 3. The Balaban J connectivity index is 1.43. The Labute approximate surface area is 191 Å². The molecule has 4 aliphatic heterocycles. The summed E-state index contributed by atoms with van der Waals surface area (Å²) in [5.41, 5.74) is 0.0283. The molecule has 4 heterocycles. The van der Waals surface area contributed by atoms with Crippen LogP contribution in [0, 0.1) is 17.2 Å². The van der Waals surface area contributed by atoms with E-state index >= 15 is 0 Å². The molecule has 4 rings (SSSR count). The van der Waals surface area contributed by atoms with Gasteiger partial charge in [0.25, 0.3) is 0 Å². The standard InChI is InChI=1S/C21H31N5O5S/c1-10-8-24(9-22)4-5-25(10)19(28)14-6-13(7-23-14)32-18-11(2)16-15(12(3)27)20(29)26(16)17(18)21(30)31/h9-16,22-23,27H,4-8H2,1-3H3,(H,30,31)/t10?,11?,12?,13?,14?,15?,16-/m0/s1. The van der Waals surface area contributed by atoms with Crippen LogP contribution >= 0.6 is 11.8 Å². The Bertz CT molecular complexity index is 864. The van der Waals surface area contributed by atoms with Gasteiger partial charge in [0.15, 0.2) is 0 Å². The number of aliphatic carboxylic acids is 1. The normalized spacial score (nSPS) is 35.6. The fraction of sp³-hybridized carbons (Fsp3) is 0.714. The minimum absolute atomic E-state index is 0.0210. The molecule has 7 atom stereocenters. The van der Waals surface area contributed by atoms with Crippen LogP contribution in [0.3, 0.4) is 0 Å². The van der Waals surface area contributed by atoms with Gasteiger partial charge in [0.1, 0.15) is 5.70 Å². The average molecular weight is 466 g/mol. The number of hydrogen-bond donors (Lipinski definition) is 4. The van der Waals surface area contributed by atoms with E-state index in [1.807, 2.05) is 23.6 Å². The van der Waals surface area contributed by atoms with Crippen LogP contribution in [0.4, 0.5) is 0 Å². The number of rotatable bonds is 6. The predicted molar refractivity (Wildman–Crippen MR) is 119 cm³/mol. The number of carboxylic acids is 1. The summed E-state index contributed by atoms with van der Waals surface area (Å²) < 4.78 is 0. The van der Waals surface area contributed by atoms with E-state index in [1.165, 1.54) is 23.0 Å². The van der Waals surface area contributed by atoms with E-state index in [0.717, 1.165) is 0 Å². The third kappa shape index (κ3) is 3.69. The quantitative estimate of drug-likeness (QED) is 0.239. The number of carbonyl (C=O) groups excluding carboxylic acids is 2. The Hall–Kier alpha value is -2.11. The van der Waals surface area contributed by atoms with Crippen LogP contribution in [-0.4, -0.2) is 105 Å². The van der Waals surface area contributed by atoms with Crippen molar-refractivity contribution in [2.75, 3.05) is 26.2 Å². The zero-order chi connectivity index (χ0) is 23.3. The van der Waals surface area contributed by atoms with E-state index in [2.05, 4.69) is 5.32 Å². The van der Waals surface area contributed by atoms with Gasteiger partial charge in [-0.3, -0.25) is 15.0 Å². The SMILES string of the molecule is CC(O)C1C(=O)N2C(C(=O)O)=C(SC3CNC(C(=O)N4CCN(C=N)CC4C)C3)C(C)[C@@H]12. The minimum Gasteiger partial charge on any atom is -0.477 e. The van der Waals surface area contributed by atoms with Gasteiger partial charge in [-0.05, 0) is 20.3 Å². The third-order valence-electron chi connectivity index (χ3n) is 7.12. The highest BCUT2D eigenvalue weighted by atomic mass is 32.2. The van der Waals surface area contributed by atoms with Gasteiger partial charge in [0.2, 0.25) is 11.8 Å². The highest BCUT2D eigenvalue weighted by molar-refractivity contribution is 8.03. The molecule has 4 aliphatic rings. The molecular formula is C21H31N5O5S. The third-order valence-corrected chi connectivity index (χ3v) is 8.63. The lowest BCUT2D eigenvalue weighted by Gasteiger charge is -2.46. The number of carboxylic acid groups (broad SMARTS) is 1. The van der Waals surface area contributed by atoms with Crippen molar-refractivity contribution in [1.29, 1.82) is 5.41 Å². The van der Waals surface area contributed by atoms with E-state index in [0.29, 0.717) is 37.5 Å². The number of aliphatic hydroxyl groups is 1. The molecule has 4 N–H and O–H groups in total. The first-order valence-corrected chi connectivity index (χ1v) is 12.0. The lowest BCUT2D eigenvalue weighted by molar-refractivity contribution is -0.163. The van der Waals surface area contributed by atoms with Crippen LogP contribution in [0.15, 0.2) is 10.6 Å². The first-order valence-electron chi connectivity index (χ1n) is 11.1. The molecule has 0 spiro atoms. The molecule has 0 bridgehead atoms. The summed E-state index contributed by atoms with van der Waals surface area (Å²) in [7, 11) is 0. The van der Waals surface area contributed by atoms with Crippen molar-refractivity contribution in [1.82, 2.24) is 20.0 Å². The zero-order valence-corrected chi connectivity index (χ0v) is 19.3. The van der Waals surface area contributed by atoms with Crippen molar-refractivity contribution in [3.05, 3.63) is 10.6 Å². The molecule has 3 fully saturated rings. The maximum Gasteiger partial charge on any atom is 0.353 e. The average Bonchev–Trinajstić information content (AvgIpc) is 3.29. The molecule has 0 aliphatic carbocycles. The molecule has 6 unspecified atom stereocenters. The molecule has 0 aromatic rings. The van der Waals surface area contributed by atoms with Crippen molar-refractivity contribution in [3.63, 3.8) is 0 Å². The summed E-state index contributed by atoms with van der Waals surface area (Å²) in [5, 5.41) is 30.5. The molecule has 11 heteroatoms. The van der Waals surface area contributed by atoms with Crippen molar-refractivity contribution in [3.8, 4) is 0 Å². The number of aliphatic hydroxyl groups excluding tert-OH is 1. The van der Waals surface area contributed by atoms with Crippen molar-refractivity contribution in [2.45, 2.75) is 56.7 Å². The lowest BCUT2D eigenvalue weighted by Crippen LogP contribution is -2.63. The topological polar surface area (TPSA) is 137 Å². The van der Waals surface area contributed by atoms with E-state index in [-0.39, 0.29) is 46.8 Å². The monoisotopic (exact) mass is 465 g/mol. The summed E-state index contributed by atoms with van der Waals surface area (Å²) in [6, 6.07) is -0.626. The van der Waals surface area contributed by atoms with Crippen LogP contribution in [0.1, 0.15) is 27.2 Å².